The van der Waals surface area contributed by atoms with E-state index in [9.17, 15) is 4.39 Å². The van der Waals surface area contributed by atoms with Gasteiger partial charge in [0.25, 0.3) is 0 Å². The zero-order chi connectivity index (χ0) is 14.5. The first-order valence-corrected chi connectivity index (χ1v) is 7.53. The molecule has 5 heteroatoms. The molecule has 0 saturated carbocycles. The van der Waals surface area contributed by atoms with E-state index in [4.69, 9.17) is 12.2 Å². The summed E-state index contributed by atoms with van der Waals surface area (Å²) in [5.74, 6) is -0.286. The van der Waals surface area contributed by atoms with Gasteiger partial charge in [-0.2, -0.15) is 0 Å². The van der Waals surface area contributed by atoms with E-state index in [-0.39, 0.29) is 5.82 Å². The molecule has 0 bridgehead atoms. The van der Waals surface area contributed by atoms with Crippen molar-refractivity contribution in [3.05, 3.63) is 30.1 Å². The Morgan fingerprint density at radius 1 is 1.30 bits per heavy atom. The number of hydrogen-bond acceptors (Lipinski definition) is 2. The molecule has 0 radical (unpaired) electrons. The van der Waals surface area contributed by atoms with Gasteiger partial charge in [-0.25, -0.2) is 4.39 Å². The molecule has 0 atom stereocenters. The maximum atomic E-state index is 13.5. The van der Waals surface area contributed by atoms with Crippen molar-refractivity contribution >= 4 is 23.0 Å². The minimum absolute atomic E-state index is 0.286. The fourth-order valence-corrected chi connectivity index (χ4v) is 2.74. The number of piperidine rings is 1. The van der Waals surface area contributed by atoms with Gasteiger partial charge in [-0.3, -0.25) is 0 Å². The molecule has 0 aliphatic carbocycles. The summed E-state index contributed by atoms with van der Waals surface area (Å²) in [5.41, 5.74) is 0.421. The fraction of sp³-hybridized carbons (Fsp3) is 0.533. The van der Waals surface area contributed by atoms with Crippen LogP contribution in [0.4, 0.5) is 10.1 Å². The maximum Gasteiger partial charge on any atom is 0.171 e. The number of hydrogen-bond donors (Lipinski definition) is 2. The molecular formula is C15H22FN3S. The van der Waals surface area contributed by atoms with Gasteiger partial charge in [0.05, 0.1) is 5.69 Å². The lowest BCUT2D eigenvalue weighted by Gasteiger charge is -2.35. The van der Waals surface area contributed by atoms with Gasteiger partial charge in [-0.1, -0.05) is 12.1 Å². The largest absolute Gasteiger partial charge is 0.360 e. The second-order valence-corrected chi connectivity index (χ2v) is 5.89. The number of nitrogens with one attached hydrogen (secondary N) is 2. The molecule has 3 nitrogen and oxygen atoms in total. The average molecular weight is 295 g/mol. The van der Waals surface area contributed by atoms with Crippen molar-refractivity contribution in [2.45, 2.75) is 38.8 Å². The van der Waals surface area contributed by atoms with Crippen LogP contribution in [0.25, 0.3) is 0 Å². The maximum absolute atomic E-state index is 13.5. The van der Waals surface area contributed by atoms with Crippen molar-refractivity contribution in [2.24, 2.45) is 0 Å². The van der Waals surface area contributed by atoms with Crippen LogP contribution in [-0.2, 0) is 0 Å². The lowest BCUT2D eigenvalue weighted by atomic mass is 10.0. The highest BCUT2D eigenvalue weighted by Gasteiger charge is 2.21. The molecule has 1 aliphatic heterocycles. The summed E-state index contributed by atoms with van der Waals surface area (Å²) in [6.07, 6.45) is 2.13. The Morgan fingerprint density at radius 2 is 1.95 bits per heavy atom. The Hall–Kier alpha value is -1.20. The molecule has 1 heterocycles. The highest BCUT2D eigenvalue weighted by molar-refractivity contribution is 7.80. The number of benzene rings is 1. The Bertz CT molecular complexity index is 456. The van der Waals surface area contributed by atoms with Crippen LogP contribution in [0.3, 0.4) is 0 Å². The van der Waals surface area contributed by atoms with Crippen molar-refractivity contribution in [1.82, 2.24) is 10.2 Å². The van der Waals surface area contributed by atoms with Crippen LogP contribution < -0.4 is 10.6 Å². The van der Waals surface area contributed by atoms with Gasteiger partial charge in [-0.15, -0.1) is 0 Å². The molecular weight excluding hydrogens is 273 g/mol. The summed E-state index contributed by atoms with van der Waals surface area (Å²) >= 11 is 5.25. The van der Waals surface area contributed by atoms with E-state index >= 15 is 0 Å². The monoisotopic (exact) mass is 295 g/mol. The van der Waals surface area contributed by atoms with Crippen molar-refractivity contribution in [3.63, 3.8) is 0 Å². The van der Waals surface area contributed by atoms with Gasteiger partial charge in [0.15, 0.2) is 5.11 Å². The van der Waals surface area contributed by atoms with Crippen LogP contribution in [0, 0.1) is 5.82 Å². The van der Waals surface area contributed by atoms with E-state index in [1.54, 1.807) is 18.2 Å². The van der Waals surface area contributed by atoms with E-state index in [0.717, 1.165) is 25.9 Å². The normalized spacial score (nSPS) is 17.2. The standard InChI is InChI=1S/C15H22FN3S/c1-11(2)19-9-7-12(8-10-19)17-15(20)18-14-6-4-3-5-13(14)16/h3-6,11-12H,7-10H2,1-2H3,(H2,17,18,20). The second kappa shape index (κ2) is 6.99. The van der Waals surface area contributed by atoms with Crippen LogP contribution >= 0.6 is 12.2 Å². The summed E-state index contributed by atoms with van der Waals surface area (Å²) < 4.78 is 13.5. The molecule has 1 aromatic rings. The number of para-hydroxylation sites is 1. The van der Waals surface area contributed by atoms with Crippen molar-refractivity contribution in [3.8, 4) is 0 Å². The minimum Gasteiger partial charge on any atom is -0.360 e. The van der Waals surface area contributed by atoms with Gasteiger partial charge >= 0.3 is 0 Å². The first-order valence-electron chi connectivity index (χ1n) is 7.12. The average Bonchev–Trinajstić information content (AvgIpc) is 2.42. The SMILES string of the molecule is CC(C)N1CCC(NC(=S)Nc2ccccc2F)CC1. The lowest BCUT2D eigenvalue weighted by molar-refractivity contribution is 0.168. The number of rotatable bonds is 3. The summed E-state index contributed by atoms with van der Waals surface area (Å²) in [6.45, 7) is 6.60. The van der Waals surface area contributed by atoms with Crippen molar-refractivity contribution < 1.29 is 4.39 Å². The predicted molar refractivity (Wildman–Crippen MR) is 85.5 cm³/mol. The van der Waals surface area contributed by atoms with E-state index in [0.29, 0.717) is 22.9 Å². The highest BCUT2D eigenvalue weighted by atomic mass is 32.1. The fourth-order valence-electron chi connectivity index (χ4n) is 2.47. The summed E-state index contributed by atoms with van der Waals surface area (Å²) in [4.78, 5) is 2.46. The quantitative estimate of drug-likeness (QED) is 0.838. The van der Waals surface area contributed by atoms with Crippen LogP contribution in [0.5, 0.6) is 0 Å². The van der Waals surface area contributed by atoms with Crippen LogP contribution in [0.2, 0.25) is 0 Å². The predicted octanol–water partition coefficient (Wildman–Crippen LogP) is 2.98. The lowest BCUT2D eigenvalue weighted by Crippen LogP contribution is -2.47. The molecule has 0 spiro atoms. The van der Waals surface area contributed by atoms with Crippen molar-refractivity contribution in [1.29, 1.82) is 0 Å². The van der Waals surface area contributed by atoms with E-state index in [1.165, 1.54) is 6.07 Å². The van der Waals surface area contributed by atoms with Crippen LogP contribution in [0.1, 0.15) is 26.7 Å². The number of nitrogens with zero attached hydrogens (tertiary/aromatic N) is 1. The molecule has 1 aliphatic rings. The van der Waals surface area contributed by atoms with Gasteiger partial charge in [0, 0.05) is 25.2 Å². The molecule has 1 aromatic carbocycles. The van der Waals surface area contributed by atoms with E-state index in [2.05, 4.69) is 29.4 Å². The summed E-state index contributed by atoms with van der Waals surface area (Å²) in [6, 6.07) is 7.53. The zero-order valence-corrected chi connectivity index (χ0v) is 12.8. The molecule has 1 fully saturated rings. The van der Waals surface area contributed by atoms with Crippen LogP contribution in [0.15, 0.2) is 24.3 Å². The molecule has 2 rings (SSSR count). The number of anilines is 1. The van der Waals surface area contributed by atoms with Crippen molar-refractivity contribution in [2.75, 3.05) is 18.4 Å². The first kappa shape index (κ1) is 15.2. The van der Waals surface area contributed by atoms with Gasteiger partial charge in [-0.05, 0) is 51.0 Å². The highest BCUT2D eigenvalue weighted by Crippen LogP contribution is 2.15. The zero-order valence-electron chi connectivity index (χ0n) is 12.0. The van der Waals surface area contributed by atoms with Gasteiger partial charge in [0.1, 0.15) is 5.82 Å². The molecule has 0 aromatic heterocycles. The van der Waals surface area contributed by atoms with Gasteiger partial charge < -0.3 is 15.5 Å². The third-order valence-corrected chi connectivity index (χ3v) is 3.94. The molecule has 2 N–H and O–H groups in total. The Kier molecular flexibility index (Phi) is 5.31. The van der Waals surface area contributed by atoms with Crippen LogP contribution in [-0.4, -0.2) is 35.2 Å². The summed E-state index contributed by atoms with van der Waals surface area (Å²) in [7, 11) is 0. The molecule has 20 heavy (non-hydrogen) atoms. The third-order valence-electron chi connectivity index (χ3n) is 3.72. The first-order chi connectivity index (χ1) is 9.56. The molecule has 0 amide bonds. The Balaban J connectivity index is 1.80. The Morgan fingerprint density at radius 3 is 2.55 bits per heavy atom. The smallest absolute Gasteiger partial charge is 0.171 e. The number of halogens is 1. The second-order valence-electron chi connectivity index (χ2n) is 5.48. The molecule has 110 valence electrons. The van der Waals surface area contributed by atoms with E-state index < -0.39 is 0 Å². The molecule has 0 unspecified atom stereocenters. The number of thiocarbonyl (C=S) groups is 1. The third kappa shape index (κ3) is 4.15. The van der Waals surface area contributed by atoms with E-state index in [1.807, 2.05) is 0 Å². The topological polar surface area (TPSA) is 27.3 Å². The number of likely N-dealkylation sites (tertiary alicyclic amines) is 1. The minimum atomic E-state index is -0.286. The van der Waals surface area contributed by atoms with Gasteiger partial charge in [0.2, 0.25) is 0 Å². The molecule has 1 saturated heterocycles. The summed E-state index contributed by atoms with van der Waals surface area (Å²) in [5, 5.41) is 6.70. The Labute approximate surface area is 125 Å².